The van der Waals surface area contributed by atoms with Gasteiger partial charge in [-0.1, -0.05) is 6.07 Å². The zero-order valence-corrected chi connectivity index (χ0v) is 10.0. The summed E-state index contributed by atoms with van der Waals surface area (Å²) in [7, 11) is 0. The van der Waals surface area contributed by atoms with E-state index in [-0.39, 0.29) is 16.9 Å². The molecule has 1 fully saturated rings. The Morgan fingerprint density at radius 2 is 2.11 bits per heavy atom. The molecule has 0 radical (unpaired) electrons. The third-order valence-electron chi connectivity index (χ3n) is 2.75. The molecule has 1 aromatic carbocycles. The Morgan fingerprint density at radius 1 is 1.42 bits per heavy atom. The summed E-state index contributed by atoms with van der Waals surface area (Å²) in [6.45, 7) is 2.06. The lowest BCUT2D eigenvalue weighted by Crippen LogP contribution is -2.40. The van der Waals surface area contributed by atoms with E-state index in [0.717, 1.165) is 0 Å². The maximum absolute atomic E-state index is 11.1. The normalized spacial score (nSPS) is 16.0. The van der Waals surface area contributed by atoms with E-state index in [9.17, 15) is 14.9 Å². The van der Waals surface area contributed by atoms with E-state index >= 15 is 0 Å². The molecule has 19 heavy (non-hydrogen) atoms. The molecule has 1 saturated heterocycles. The van der Waals surface area contributed by atoms with Crippen LogP contribution in [-0.2, 0) is 4.74 Å². The van der Waals surface area contributed by atoms with Gasteiger partial charge in [0.05, 0.1) is 23.7 Å². The second kappa shape index (κ2) is 5.63. The number of hydrogen-bond acceptors (Lipinski definition) is 6. The molecule has 1 heterocycles. The predicted octanol–water partition coefficient (Wildman–Crippen LogP) is 0.952. The molecule has 2 rings (SSSR count). The van der Waals surface area contributed by atoms with Gasteiger partial charge in [0.1, 0.15) is 5.69 Å². The molecule has 0 unspecified atom stereocenters. The highest BCUT2D eigenvalue weighted by Crippen LogP contribution is 2.28. The number of hydrogen-bond donors (Lipinski definition) is 2. The number of nitro benzene ring substituents is 1. The molecule has 102 valence electrons. The smallest absolute Gasteiger partial charge is 0.338 e. The fourth-order valence-corrected chi connectivity index (χ4v) is 1.82. The minimum atomic E-state index is -1.21. The van der Waals surface area contributed by atoms with Crippen LogP contribution in [0.5, 0.6) is 0 Å². The van der Waals surface area contributed by atoms with Crippen molar-refractivity contribution in [1.29, 1.82) is 0 Å². The van der Waals surface area contributed by atoms with E-state index in [2.05, 4.69) is 5.43 Å². The molecule has 1 aliphatic rings. The molecule has 0 spiro atoms. The molecule has 1 aromatic rings. The van der Waals surface area contributed by atoms with Crippen molar-refractivity contribution in [2.75, 3.05) is 31.7 Å². The van der Waals surface area contributed by atoms with Gasteiger partial charge in [-0.25, -0.2) is 9.80 Å². The Labute approximate surface area is 108 Å². The molecule has 0 aromatic heterocycles. The third kappa shape index (κ3) is 2.98. The lowest BCUT2D eigenvalue weighted by Gasteiger charge is -2.28. The molecule has 8 heteroatoms. The third-order valence-corrected chi connectivity index (χ3v) is 2.75. The summed E-state index contributed by atoms with van der Waals surface area (Å²) in [5.41, 5.74) is 2.43. The van der Waals surface area contributed by atoms with Crippen molar-refractivity contribution in [2.45, 2.75) is 0 Å². The minimum absolute atomic E-state index is 0.00176. The number of carbonyl (C=O) groups is 1. The summed E-state index contributed by atoms with van der Waals surface area (Å²) in [6.07, 6.45) is 0. The number of aromatic carboxylic acids is 1. The van der Waals surface area contributed by atoms with Crippen LogP contribution >= 0.6 is 0 Å². The number of nitro groups is 1. The number of anilines is 1. The fourth-order valence-electron chi connectivity index (χ4n) is 1.82. The van der Waals surface area contributed by atoms with E-state index in [4.69, 9.17) is 9.84 Å². The lowest BCUT2D eigenvalue weighted by molar-refractivity contribution is -0.384. The van der Waals surface area contributed by atoms with Gasteiger partial charge < -0.3 is 15.3 Å². The average molecular weight is 267 g/mol. The molecular formula is C11H13N3O5. The molecule has 0 bridgehead atoms. The van der Waals surface area contributed by atoms with Crippen LogP contribution in [0, 0.1) is 10.1 Å². The number of hydrazine groups is 1. The van der Waals surface area contributed by atoms with E-state index in [1.54, 1.807) is 5.01 Å². The highest BCUT2D eigenvalue weighted by Gasteiger charge is 2.23. The van der Waals surface area contributed by atoms with E-state index < -0.39 is 10.9 Å². The van der Waals surface area contributed by atoms with Gasteiger partial charge in [0.25, 0.3) is 5.69 Å². The second-order valence-corrected chi connectivity index (χ2v) is 3.97. The first-order valence-electron chi connectivity index (χ1n) is 5.69. The molecule has 0 amide bonds. The highest BCUT2D eigenvalue weighted by atomic mass is 16.6. The van der Waals surface area contributed by atoms with Crippen LogP contribution in [0.4, 0.5) is 11.4 Å². The van der Waals surface area contributed by atoms with E-state index in [1.165, 1.54) is 18.2 Å². The zero-order chi connectivity index (χ0) is 13.8. The number of carboxylic acids is 1. The van der Waals surface area contributed by atoms with Crippen LogP contribution in [0.25, 0.3) is 0 Å². The van der Waals surface area contributed by atoms with Crippen molar-refractivity contribution < 1.29 is 19.6 Å². The SMILES string of the molecule is O=C(O)c1cccc([N+](=O)[O-])c1NN1CCOCC1. The molecule has 0 saturated carbocycles. The number of para-hydroxylation sites is 1. The summed E-state index contributed by atoms with van der Waals surface area (Å²) >= 11 is 0. The summed E-state index contributed by atoms with van der Waals surface area (Å²) in [5, 5.41) is 21.8. The monoisotopic (exact) mass is 267 g/mol. The molecule has 1 aliphatic heterocycles. The molecule has 0 atom stereocenters. The Morgan fingerprint density at radius 3 is 2.68 bits per heavy atom. The first kappa shape index (κ1) is 13.2. The Hall–Kier alpha value is -2.19. The number of morpholine rings is 1. The summed E-state index contributed by atoms with van der Waals surface area (Å²) in [4.78, 5) is 21.5. The number of nitrogens with zero attached hydrogens (tertiary/aromatic N) is 2. The minimum Gasteiger partial charge on any atom is -0.478 e. The average Bonchev–Trinajstić information content (AvgIpc) is 2.39. The van der Waals surface area contributed by atoms with Crippen LogP contribution in [0.2, 0.25) is 0 Å². The van der Waals surface area contributed by atoms with Gasteiger partial charge in [-0.05, 0) is 6.07 Å². The van der Waals surface area contributed by atoms with Crippen molar-refractivity contribution in [3.8, 4) is 0 Å². The van der Waals surface area contributed by atoms with Crippen LogP contribution in [0.3, 0.4) is 0 Å². The Bertz CT molecular complexity index is 467. The van der Waals surface area contributed by atoms with Crippen molar-refractivity contribution >= 4 is 17.3 Å². The molecule has 0 aliphatic carbocycles. The first-order valence-corrected chi connectivity index (χ1v) is 5.69. The van der Waals surface area contributed by atoms with E-state index in [1.807, 2.05) is 0 Å². The van der Waals surface area contributed by atoms with Crippen LogP contribution in [0.15, 0.2) is 18.2 Å². The van der Waals surface area contributed by atoms with Gasteiger partial charge in [-0.15, -0.1) is 0 Å². The van der Waals surface area contributed by atoms with Gasteiger partial charge >= 0.3 is 5.97 Å². The van der Waals surface area contributed by atoms with Crippen LogP contribution in [-0.4, -0.2) is 47.3 Å². The number of rotatable bonds is 4. The molecule has 2 N–H and O–H groups in total. The number of ether oxygens (including phenoxy) is 1. The summed E-state index contributed by atoms with van der Waals surface area (Å²) in [5.74, 6) is -1.21. The number of nitrogens with one attached hydrogen (secondary N) is 1. The van der Waals surface area contributed by atoms with Crippen LogP contribution < -0.4 is 5.43 Å². The first-order chi connectivity index (χ1) is 9.09. The lowest BCUT2D eigenvalue weighted by atomic mass is 10.1. The van der Waals surface area contributed by atoms with Gasteiger partial charge in [0, 0.05) is 19.2 Å². The Balaban J connectivity index is 2.34. The largest absolute Gasteiger partial charge is 0.478 e. The maximum Gasteiger partial charge on any atom is 0.338 e. The van der Waals surface area contributed by atoms with Gasteiger partial charge in [0.2, 0.25) is 0 Å². The summed E-state index contributed by atoms with van der Waals surface area (Å²) < 4.78 is 5.16. The van der Waals surface area contributed by atoms with Gasteiger partial charge in [-0.3, -0.25) is 10.1 Å². The standard InChI is InChI=1S/C11H13N3O5/c15-11(16)8-2-1-3-9(14(17)18)10(8)12-13-4-6-19-7-5-13/h1-3,12H,4-7H2,(H,15,16). The Kier molecular flexibility index (Phi) is 3.93. The van der Waals surface area contributed by atoms with Gasteiger partial charge in [-0.2, -0.15) is 0 Å². The predicted molar refractivity (Wildman–Crippen MR) is 66.1 cm³/mol. The van der Waals surface area contributed by atoms with Gasteiger partial charge in [0.15, 0.2) is 0 Å². The second-order valence-electron chi connectivity index (χ2n) is 3.97. The zero-order valence-electron chi connectivity index (χ0n) is 10.0. The number of carboxylic acid groups (broad SMARTS) is 1. The van der Waals surface area contributed by atoms with Crippen LogP contribution in [0.1, 0.15) is 10.4 Å². The van der Waals surface area contributed by atoms with Crippen molar-refractivity contribution in [1.82, 2.24) is 5.01 Å². The number of benzene rings is 1. The fraction of sp³-hybridized carbons (Fsp3) is 0.364. The topological polar surface area (TPSA) is 105 Å². The summed E-state index contributed by atoms with van der Waals surface area (Å²) in [6, 6.07) is 3.96. The van der Waals surface area contributed by atoms with Crippen molar-refractivity contribution in [3.05, 3.63) is 33.9 Å². The van der Waals surface area contributed by atoms with Crippen molar-refractivity contribution in [3.63, 3.8) is 0 Å². The van der Waals surface area contributed by atoms with E-state index in [0.29, 0.717) is 26.3 Å². The maximum atomic E-state index is 11.1. The molecule has 8 nitrogen and oxygen atoms in total. The molecular weight excluding hydrogens is 254 g/mol. The highest BCUT2D eigenvalue weighted by molar-refractivity contribution is 5.96. The quantitative estimate of drug-likeness (QED) is 0.618. The van der Waals surface area contributed by atoms with Crippen molar-refractivity contribution in [2.24, 2.45) is 0 Å².